The van der Waals surface area contributed by atoms with Crippen molar-refractivity contribution in [3.63, 3.8) is 0 Å². The number of aromatic nitrogens is 3. The Morgan fingerprint density at radius 1 is 0.444 bits per heavy atom. The zero-order chi connectivity index (χ0) is 58.3. The van der Waals surface area contributed by atoms with Crippen LogP contribution >= 0.6 is 0 Å². The van der Waals surface area contributed by atoms with Gasteiger partial charge in [-0.05, 0) is 80.6 Å². The Morgan fingerprint density at radius 2 is 0.728 bits per heavy atom. The molecule has 0 radical (unpaired) electrons. The smallest absolute Gasteiger partial charge is 0.289 e. The van der Waals surface area contributed by atoms with Crippen LogP contribution < -0.4 is 47.4 Å². The van der Waals surface area contributed by atoms with Gasteiger partial charge >= 0.3 is 0 Å². The number of pyridine rings is 3. The lowest BCUT2D eigenvalue weighted by atomic mass is 10.1. The fraction of sp³-hybridized carbons (Fsp3) is 0.0588. The number of nitro benzene ring substituents is 1. The van der Waals surface area contributed by atoms with Crippen molar-refractivity contribution in [1.29, 1.82) is 0 Å². The molecule has 3 amide bonds. The molecule has 27 nitrogen and oxygen atoms in total. The molecule has 420 valence electrons. The monoisotopic (exact) mass is 1170 g/mol. The molecule has 30 heteroatoms. The van der Waals surface area contributed by atoms with Crippen LogP contribution in [0.1, 0.15) is 49.6 Å². The molecule has 0 aliphatic rings. The van der Waals surface area contributed by atoms with Crippen LogP contribution in [-0.4, -0.2) is 78.2 Å². The van der Waals surface area contributed by atoms with E-state index in [2.05, 4.69) is 15.0 Å². The second-order valence-electron chi connectivity index (χ2n) is 16.7. The van der Waals surface area contributed by atoms with Crippen LogP contribution in [0.4, 0.5) is 5.69 Å². The molecular formula is C51H46N10O17S3. The summed E-state index contributed by atoms with van der Waals surface area (Å²) in [4.78, 5) is 95.1. The number of nitro groups is 1. The summed E-state index contributed by atoms with van der Waals surface area (Å²) in [5, 5.41) is 42.3. The predicted octanol–water partition coefficient (Wildman–Crippen LogP) is 3.73. The average Bonchev–Trinajstić information content (AvgIpc) is 3.46. The molecule has 0 fully saturated rings. The first-order valence-corrected chi connectivity index (χ1v) is 27.1. The molecule has 6 aromatic carbocycles. The van der Waals surface area contributed by atoms with Crippen molar-refractivity contribution < 1.29 is 59.9 Å². The number of sulfonamides is 3. The SMILES string of the molecule is C.Cc1ccc(S(=O)(=O)NNC(=O)c2c(O)c3ccccc3[nH]c2=O)cc1.Cc1ccc(S(=O)(=O)NNC(=O)c2c(O)c3ccccc3[nH]c2=O)cc1.O=C(NNS(=O)(=O)c1ccccc1[N+](=O)[O-])c1c(O)c2ccccc2[nH]c1=O. The lowest BCUT2D eigenvalue weighted by Crippen LogP contribution is -2.43. The normalized spacial score (nSPS) is 11.2. The molecule has 12 N–H and O–H groups in total. The van der Waals surface area contributed by atoms with Gasteiger partial charge in [0.1, 0.15) is 33.9 Å². The largest absolute Gasteiger partial charge is 0.506 e. The second kappa shape index (κ2) is 24.7. The van der Waals surface area contributed by atoms with Gasteiger partial charge in [-0.3, -0.25) is 55.2 Å². The van der Waals surface area contributed by atoms with Crippen LogP contribution in [0.25, 0.3) is 32.7 Å². The number of fused-ring (bicyclic) bond motifs is 3. The Hall–Kier alpha value is -10.1. The van der Waals surface area contributed by atoms with Crippen molar-refractivity contribution >= 4 is 86.2 Å². The Balaban J connectivity index is 0.000000195. The molecule has 0 unspecified atom stereocenters. The summed E-state index contributed by atoms with van der Waals surface area (Å²) >= 11 is 0. The maximum absolute atomic E-state index is 12.3. The number of aromatic amines is 3. The van der Waals surface area contributed by atoms with E-state index in [1.54, 1.807) is 96.9 Å². The third kappa shape index (κ3) is 13.6. The molecule has 0 saturated heterocycles. The minimum atomic E-state index is -4.52. The van der Waals surface area contributed by atoms with Crippen molar-refractivity contribution in [3.8, 4) is 17.2 Å². The number of hydrogen-bond acceptors (Lipinski definition) is 17. The number of rotatable bonds is 13. The molecule has 3 heterocycles. The summed E-state index contributed by atoms with van der Waals surface area (Å²) in [5.41, 5.74) is 3.17. The van der Waals surface area contributed by atoms with E-state index in [1.807, 2.05) is 20.5 Å². The van der Waals surface area contributed by atoms with Gasteiger partial charge in [0.2, 0.25) is 0 Å². The summed E-state index contributed by atoms with van der Waals surface area (Å²) in [6.45, 7) is 3.61. The Bertz CT molecular complexity index is 4290. The van der Waals surface area contributed by atoms with Crippen LogP contribution in [-0.2, 0) is 30.1 Å². The van der Waals surface area contributed by atoms with E-state index in [4.69, 9.17) is 0 Å². The van der Waals surface area contributed by atoms with Gasteiger partial charge in [0, 0.05) is 22.2 Å². The maximum atomic E-state index is 12.3. The maximum Gasteiger partial charge on any atom is 0.289 e. The van der Waals surface area contributed by atoms with Crippen molar-refractivity contribution in [3.05, 3.63) is 215 Å². The Kier molecular flexibility index (Phi) is 18.3. The number of H-pyrrole nitrogens is 3. The highest BCUT2D eigenvalue weighted by atomic mass is 32.2. The highest BCUT2D eigenvalue weighted by molar-refractivity contribution is 7.90. The van der Waals surface area contributed by atoms with E-state index >= 15 is 0 Å². The van der Waals surface area contributed by atoms with Gasteiger partial charge in [0.15, 0.2) is 4.90 Å². The number of nitrogens with one attached hydrogen (secondary N) is 9. The highest BCUT2D eigenvalue weighted by Gasteiger charge is 2.28. The molecule has 0 saturated carbocycles. The van der Waals surface area contributed by atoms with Crippen LogP contribution in [0.15, 0.2) is 175 Å². The van der Waals surface area contributed by atoms with Gasteiger partial charge in [0.05, 0.1) is 31.3 Å². The Labute approximate surface area is 457 Å². The van der Waals surface area contributed by atoms with Crippen LogP contribution in [0.2, 0.25) is 0 Å². The minimum Gasteiger partial charge on any atom is -0.506 e. The molecule has 0 spiro atoms. The fourth-order valence-electron chi connectivity index (χ4n) is 7.28. The van der Waals surface area contributed by atoms with Gasteiger partial charge < -0.3 is 30.3 Å². The fourth-order valence-corrected chi connectivity index (χ4v) is 9.97. The molecule has 9 rings (SSSR count). The molecule has 81 heavy (non-hydrogen) atoms. The summed E-state index contributed by atoms with van der Waals surface area (Å²) in [6.07, 6.45) is 0. The van der Waals surface area contributed by atoms with Crippen LogP contribution in [0.5, 0.6) is 17.2 Å². The summed E-state index contributed by atoms with van der Waals surface area (Å²) < 4.78 is 73.3. The summed E-state index contributed by atoms with van der Waals surface area (Å²) in [5.74, 6) is -5.10. The van der Waals surface area contributed by atoms with E-state index in [0.717, 1.165) is 23.3 Å². The number of amides is 3. The first-order chi connectivity index (χ1) is 37.8. The number of hydrogen-bond donors (Lipinski definition) is 12. The van der Waals surface area contributed by atoms with Gasteiger partial charge in [0.25, 0.3) is 70.2 Å². The predicted molar refractivity (Wildman–Crippen MR) is 294 cm³/mol. The first kappa shape index (κ1) is 60.1. The lowest BCUT2D eigenvalue weighted by molar-refractivity contribution is -0.387. The Morgan fingerprint density at radius 3 is 1.05 bits per heavy atom. The lowest BCUT2D eigenvalue weighted by Gasteiger charge is -2.10. The number of carbonyl (C=O) groups is 3. The molecule has 9 aromatic rings. The van der Waals surface area contributed by atoms with Crippen LogP contribution in [0.3, 0.4) is 0 Å². The number of benzene rings is 6. The van der Waals surface area contributed by atoms with Gasteiger partial charge in [-0.15, -0.1) is 14.5 Å². The van der Waals surface area contributed by atoms with Crippen molar-refractivity contribution in [2.75, 3.05) is 0 Å². The number of hydrazine groups is 3. The van der Waals surface area contributed by atoms with Crippen molar-refractivity contribution in [1.82, 2.24) is 45.7 Å². The van der Waals surface area contributed by atoms with E-state index in [9.17, 15) is 79.5 Å². The van der Waals surface area contributed by atoms with Crippen LogP contribution in [0, 0.1) is 24.0 Å². The first-order valence-electron chi connectivity index (χ1n) is 22.7. The number of para-hydroxylation sites is 4. The zero-order valence-corrected chi connectivity index (χ0v) is 43.5. The molecule has 3 aromatic heterocycles. The van der Waals surface area contributed by atoms with E-state index < -0.39 is 114 Å². The molecule has 0 bridgehead atoms. The molecule has 0 aliphatic carbocycles. The van der Waals surface area contributed by atoms with Crippen molar-refractivity contribution in [2.24, 2.45) is 0 Å². The molecule has 0 atom stereocenters. The second-order valence-corrected chi connectivity index (χ2v) is 21.7. The standard InChI is InChI=1S/2C17H15N3O5S.C16H12N4O7S.CH4/c2*1-10-6-8-11(9-7-10)26(24,25)20-19-17(23)14-15(21)12-4-2-3-5-13(12)18-16(14)22;21-14-9-5-1-2-6-10(9)17-15(22)13(14)16(23)18-19-28(26,27)12-8-4-3-7-11(12)20(24)25;/h2*2-9,20H,1H3,(H,19,23)(H2,18,21,22);1-8,19H,(H,18,23)(H2,17,21,22);1H4. The third-order valence-electron chi connectivity index (χ3n) is 11.3. The summed E-state index contributed by atoms with van der Waals surface area (Å²) in [7, 11) is -12.6. The highest BCUT2D eigenvalue weighted by Crippen LogP contribution is 2.27. The number of aryl methyl sites for hydroxylation is 2. The van der Waals surface area contributed by atoms with E-state index in [1.165, 1.54) is 60.7 Å². The van der Waals surface area contributed by atoms with Gasteiger partial charge in [-0.25, -0.2) is 25.3 Å². The number of nitrogens with zero attached hydrogens (tertiary/aromatic N) is 1. The van der Waals surface area contributed by atoms with Gasteiger partial charge in [-0.1, -0.05) is 91.3 Å². The van der Waals surface area contributed by atoms with E-state index in [-0.39, 0.29) is 38.9 Å². The molecular weight excluding hydrogens is 1120 g/mol. The zero-order valence-electron chi connectivity index (χ0n) is 41.1. The van der Waals surface area contributed by atoms with Crippen molar-refractivity contribution in [2.45, 2.75) is 36.0 Å². The molecule has 0 aliphatic heterocycles. The third-order valence-corrected chi connectivity index (χ3v) is 15.1. The van der Waals surface area contributed by atoms with E-state index in [0.29, 0.717) is 11.0 Å². The summed E-state index contributed by atoms with van der Waals surface area (Å²) in [6, 6.07) is 35.3. The number of carbonyl (C=O) groups excluding carboxylic acids is 3. The average molecular weight is 1170 g/mol. The quantitative estimate of drug-likeness (QED) is 0.0578. The number of aromatic hydroxyl groups is 3. The topological polar surface area (TPSA) is 428 Å². The minimum absolute atomic E-state index is 0. The van der Waals surface area contributed by atoms with Gasteiger partial charge in [-0.2, -0.15) is 0 Å².